The standard InChI is InChI=1S/C24H20N6O5/c1-2-29-24(33)18-11-7-6-10-17(18)21(28-29)23(32)27-26-22(31)15-12-13-19(20(14-15)30(34)35)25-16-8-4-3-5-9-16/h3-14,25H,2H2,1H3,(H,26,31)(H,27,32). The Morgan fingerprint density at radius 3 is 2.29 bits per heavy atom. The average Bonchev–Trinajstić information content (AvgIpc) is 2.88. The first kappa shape index (κ1) is 23.1. The first-order valence-corrected chi connectivity index (χ1v) is 10.6. The van der Waals surface area contributed by atoms with Gasteiger partial charge in [0.1, 0.15) is 5.69 Å². The lowest BCUT2D eigenvalue weighted by atomic mass is 10.1. The normalized spacial score (nSPS) is 10.5. The first-order valence-electron chi connectivity index (χ1n) is 10.6. The highest BCUT2D eigenvalue weighted by Crippen LogP contribution is 2.28. The van der Waals surface area contributed by atoms with Gasteiger partial charge < -0.3 is 5.32 Å². The summed E-state index contributed by atoms with van der Waals surface area (Å²) >= 11 is 0. The van der Waals surface area contributed by atoms with E-state index in [0.717, 1.165) is 10.7 Å². The predicted octanol–water partition coefficient (Wildman–Crippen LogP) is 3.14. The van der Waals surface area contributed by atoms with Gasteiger partial charge in [-0.3, -0.25) is 35.3 Å². The number of anilines is 2. The van der Waals surface area contributed by atoms with Gasteiger partial charge in [0.05, 0.1) is 10.3 Å². The van der Waals surface area contributed by atoms with Crippen LogP contribution in [-0.2, 0) is 6.54 Å². The van der Waals surface area contributed by atoms with Crippen LogP contribution < -0.4 is 21.7 Å². The molecule has 0 fully saturated rings. The molecule has 1 aromatic heterocycles. The van der Waals surface area contributed by atoms with E-state index < -0.39 is 16.7 Å². The molecule has 35 heavy (non-hydrogen) atoms. The maximum Gasteiger partial charge on any atom is 0.293 e. The van der Waals surface area contributed by atoms with E-state index in [9.17, 15) is 24.5 Å². The molecule has 0 spiro atoms. The molecule has 11 heteroatoms. The number of nitro benzene ring substituents is 1. The summed E-state index contributed by atoms with van der Waals surface area (Å²) in [4.78, 5) is 48.8. The molecule has 0 aliphatic heterocycles. The number of para-hydroxylation sites is 1. The summed E-state index contributed by atoms with van der Waals surface area (Å²) in [6.45, 7) is 1.97. The van der Waals surface area contributed by atoms with Gasteiger partial charge in [0.25, 0.3) is 23.1 Å². The Morgan fingerprint density at radius 1 is 0.943 bits per heavy atom. The number of hydrogen-bond acceptors (Lipinski definition) is 7. The number of carbonyl (C=O) groups excluding carboxylic acids is 2. The van der Waals surface area contributed by atoms with Crippen LogP contribution in [-0.4, -0.2) is 26.5 Å². The summed E-state index contributed by atoms with van der Waals surface area (Å²) in [5.41, 5.74) is 4.63. The van der Waals surface area contributed by atoms with Crippen molar-refractivity contribution in [3.63, 3.8) is 0 Å². The van der Waals surface area contributed by atoms with Crippen LogP contribution in [0.2, 0.25) is 0 Å². The van der Waals surface area contributed by atoms with Crippen LogP contribution in [0, 0.1) is 10.1 Å². The maximum atomic E-state index is 12.8. The molecule has 0 unspecified atom stereocenters. The minimum absolute atomic E-state index is 0.0352. The van der Waals surface area contributed by atoms with Crippen LogP contribution in [0.5, 0.6) is 0 Å². The SMILES string of the molecule is CCn1nc(C(=O)NNC(=O)c2ccc(Nc3ccccc3)c([N+](=O)[O-])c2)c2ccccc2c1=O. The van der Waals surface area contributed by atoms with Crippen LogP contribution >= 0.6 is 0 Å². The third kappa shape index (κ3) is 4.83. The topological polar surface area (TPSA) is 148 Å². The predicted molar refractivity (Wildman–Crippen MR) is 129 cm³/mol. The van der Waals surface area contributed by atoms with E-state index in [2.05, 4.69) is 21.3 Å². The quantitative estimate of drug-likeness (QED) is 0.288. The first-order chi connectivity index (χ1) is 16.9. The Balaban J connectivity index is 1.54. The van der Waals surface area contributed by atoms with E-state index in [-0.39, 0.29) is 34.7 Å². The smallest absolute Gasteiger partial charge is 0.293 e. The van der Waals surface area contributed by atoms with Gasteiger partial charge in [0.15, 0.2) is 5.69 Å². The molecule has 176 valence electrons. The zero-order chi connectivity index (χ0) is 24.9. The van der Waals surface area contributed by atoms with E-state index in [1.165, 1.54) is 12.1 Å². The molecule has 4 rings (SSSR count). The molecule has 0 atom stereocenters. The minimum Gasteiger partial charge on any atom is -0.350 e. The fourth-order valence-corrected chi connectivity index (χ4v) is 3.47. The monoisotopic (exact) mass is 472 g/mol. The fraction of sp³-hybridized carbons (Fsp3) is 0.0833. The van der Waals surface area contributed by atoms with Gasteiger partial charge >= 0.3 is 0 Å². The number of nitrogens with one attached hydrogen (secondary N) is 3. The lowest BCUT2D eigenvalue weighted by Gasteiger charge is -2.12. The van der Waals surface area contributed by atoms with Crippen molar-refractivity contribution in [1.82, 2.24) is 20.6 Å². The molecule has 11 nitrogen and oxygen atoms in total. The number of hydrazine groups is 1. The van der Waals surface area contributed by atoms with Gasteiger partial charge in [0.2, 0.25) is 0 Å². The number of aromatic nitrogens is 2. The van der Waals surface area contributed by atoms with Gasteiger partial charge in [-0.1, -0.05) is 36.4 Å². The molecule has 3 N–H and O–H groups in total. The molecule has 3 aromatic carbocycles. The number of aryl methyl sites for hydroxylation is 1. The summed E-state index contributed by atoms with van der Waals surface area (Å²) in [6.07, 6.45) is 0. The van der Waals surface area contributed by atoms with E-state index >= 15 is 0 Å². The van der Waals surface area contributed by atoms with E-state index in [1.807, 2.05) is 6.07 Å². The lowest BCUT2D eigenvalue weighted by Crippen LogP contribution is -2.42. The van der Waals surface area contributed by atoms with Crippen LogP contribution in [0.4, 0.5) is 17.1 Å². The number of carbonyl (C=O) groups is 2. The third-order valence-electron chi connectivity index (χ3n) is 5.18. The molecule has 4 aromatic rings. The largest absolute Gasteiger partial charge is 0.350 e. The molecule has 0 aliphatic carbocycles. The Hall–Kier alpha value is -5.06. The van der Waals surface area contributed by atoms with Crippen LogP contribution in [0.3, 0.4) is 0 Å². The molecule has 0 bridgehead atoms. The molecule has 0 saturated heterocycles. The highest BCUT2D eigenvalue weighted by molar-refractivity contribution is 6.06. The Kier molecular flexibility index (Phi) is 6.49. The van der Waals surface area contributed by atoms with Crippen molar-refractivity contribution in [3.05, 3.63) is 105 Å². The zero-order valence-electron chi connectivity index (χ0n) is 18.5. The molecule has 0 radical (unpaired) electrons. The van der Waals surface area contributed by atoms with Gasteiger partial charge in [-0.2, -0.15) is 5.10 Å². The van der Waals surface area contributed by atoms with Crippen molar-refractivity contribution in [2.45, 2.75) is 13.5 Å². The maximum absolute atomic E-state index is 12.8. The molecule has 0 saturated carbocycles. The highest BCUT2D eigenvalue weighted by atomic mass is 16.6. The summed E-state index contributed by atoms with van der Waals surface area (Å²) in [5.74, 6) is -1.51. The molecular weight excluding hydrogens is 452 g/mol. The van der Waals surface area contributed by atoms with E-state index in [0.29, 0.717) is 16.5 Å². The second-order valence-electron chi connectivity index (χ2n) is 7.40. The Labute approximate surface area is 198 Å². The van der Waals surface area contributed by atoms with Crippen molar-refractivity contribution < 1.29 is 14.5 Å². The average molecular weight is 472 g/mol. The van der Waals surface area contributed by atoms with Crippen LogP contribution in [0.15, 0.2) is 77.6 Å². The number of nitro groups is 1. The second-order valence-corrected chi connectivity index (χ2v) is 7.40. The number of fused-ring (bicyclic) bond motifs is 1. The fourth-order valence-electron chi connectivity index (χ4n) is 3.47. The number of hydrogen-bond donors (Lipinski definition) is 3. The van der Waals surface area contributed by atoms with Crippen molar-refractivity contribution >= 4 is 39.6 Å². The number of rotatable bonds is 6. The number of amides is 2. The van der Waals surface area contributed by atoms with Gasteiger partial charge in [-0.15, -0.1) is 0 Å². The third-order valence-corrected chi connectivity index (χ3v) is 5.18. The molecule has 2 amide bonds. The second kappa shape index (κ2) is 9.83. The van der Waals surface area contributed by atoms with Crippen molar-refractivity contribution in [3.8, 4) is 0 Å². The summed E-state index contributed by atoms with van der Waals surface area (Å²) in [5, 5.41) is 19.3. The Bertz CT molecular complexity index is 1500. The molecule has 0 aliphatic rings. The number of nitrogens with zero attached hydrogens (tertiary/aromatic N) is 3. The summed E-state index contributed by atoms with van der Waals surface area (Å²) < 4.78 is 1.15. The van der Waals surface area contributed by atoms with Gasteiger partial charge in [-0.05, 0) is 37.3 Å². The molecule has 1 heterocycles. The highest BCUT2D eigenvalue weighted by Gasteiger charge is 2.20. The zero-order valence-corrected chi connectivity index (χ0v) is 18.5. The van der Waals surface area contributed by atoms with Crippen molar-refractivity contribution in [1.29, 1.82) is 0 Å². The van der Waals surface area contributed by atoms with Crippen LogP contribution in [0.1, 0.15) is 27.8 Å². The Morgan fingerprint density at radius 2 is 1.60 bits per heavy atom. The van der Waals surface area contributed by atoms with Crippen LogP contribution in [0.25, 0.3) is 10.8 Å². The lowest BCUT2D eigenvalue weighted by molar-refractivity contribution is -0.383. The van der Waals surface area contributed by atoms with Gasteiger partial charge in [-0.25, -0.2) is 4.68 Å². The van der Waals surface area contributed by atoms with Gasteiger partial charge in [0, 0.05) is 29.2 Å². The van der Waals surface area contributed by atoms with E-state index in [4.69, 9.17) is 0 Å². The summed E-state index contributed by atoms with van der Waals surface area (Å²) in [7, 11) is 0. The minimum atomic E-state index is -0.763. The summed E-state index contributed by atoms with van der Waals surface area (Å²) in [6, 6.07) is 19.3. The molecular formula is C24H20N6O5. The number of benzene rings is 3. The van der Waals surface area contributed by atoms with Crippen molar-refractivity contribution in [2.24, 2.45) is 0 Å². The van der Waals surface area contributed by atoms with Crippen molar-refractivity contribution in [2.75, 3.05) is 5.32 Å². The van der Waals surface area contributed by atoms with E-state index in [1.54, 1.807) is 55.5 Å².